The van der Waals surface area contributed by atoms with E-state index in [1.807, 2.05) is 0 Å². The average Bonchev–Trinajstić information content (AvgIpc) is 3.18. The van der Waals surface area contributed by atoms with Gasteiger partial charge in [0.05, 0.1) is 5.56 Å². The molecule has 6 nitrogen and oxygen atoms in total. The van der Waals surface area contributed by atoms with E-state index in [0.29, 0.717) is 12.6 Å². The Bertz CT molecular complexity index is 894. The van der Waals surface area contributed by atoms with Gasteiger partial charge in [0.25, 0.3) is 11.8 Å². The smallest absolute Gasteiger partial charge is 0.257 e. The summed E-state index contributed by atoms with van der Waals surface area (Å²) in [7, 11) is 1.67. The number of hydrogen-bond donors (Lipinski definition) is 2. The van der Waals surface area contributed by atoms with Crippen molar-refractivity contribution in [2.75, 3.05) is 38.5 Å². The molecule has 0 bridgehead atoms. The second kappa shape index (κ2) is 9.00. The SMILES string of the molecule is CN(CCN1CCCC1)C(=O)c1ccc(NC(=O)c2cc(F)cc(F)c2)cc1O. The number of likely N-dealkylation sites (tertiary alicyclic amines) is 1. The molecule has 2 aromatic rings. The summed E-state index contributed by atoms with van der Waals surface area (Å²) in [6.07, 6.45) is 2.35. The summed E-state index contributed by atoms with van der Waals surface area (Å²) >= 11 is 0. The lowest BCUT2D eigenvalue weighted by Gasteiger charge is -2.22. The predicted octanol–water partition coefficient (Wildman–Crippen LogP) is 3.09. The summed E-state index contributed by atoms with van der Waals surface area (Å²) in [6.45, 7) is 3.40. The lowest BCUT2D eigenvalue weighted by molar-refractivity contribution is 0.0779. The minimum atomic E-state index is -0.865. The van der Waals surface area contributed by atoms with Crippen LogP contribution in [0.25, 0.3) is 0 Å². The van der Waals surface area contributed by atoms with Crippen molar-refractivity contribution >= 4 is 17.5 Å². The Kier molecular flexibility index (Phi) is 6.43. The predicted molar refractivity (Wildman–Crippen MR) is 105 cm³/mol. The van der Waals surface area contributed by atoms with Crippen LogP contribution < -0.4 is 5.32 Å². The Labute approximate surface area is 167 Å². The summed E-state index contributed by atoms with van der Waals surface area (Å²) < 4.78 is 26.5. The van der Waals surface area contributed by atoms with Gasteiger partial charge in [0.1, 0.15) is 17.4 Å². The van der Waals surface area contributed by atoms with Crippen molar-refractivity contribution in [1.29, 1.82) is 0 Å². The number of carbonyl (C=O) groups excluding carboxylic acids is 2. The third-order valence-corrected chi connectivity index (χ3v) is 4.91. The van der Waals surface area contributed by atoms with E-state index in [0.717, 1.165) is 31.8 Å². The van der Waals surface area contributed by atoms with Crippen molar-refractivity contribution in [2.24, 2.45) is 0 Å². The third-order valence-electron chi connectivity index (χ3n) is 4.91. The van der Waals surface area contributed by atoms with Gasteiger partial charge in [-0.25, -0.2) is 8.78 Å². The lowest BCUT2D eigenvalue weighted by Crippen LogP contribution is -2.35. The van der Waals surface area contributed by atoms with E-state index in [4.69, 9.17) is 0 Å². The highest BCUT2D eigenvalue weighted by molar-refractivity contribution is 6.05. The van der Waals surface area contributed by atoms with Gasteiger partial charge in [-0.2, -0.15) is 0 Å². The molecular weight excluding hydrogens is 380 g/mol. The first-order valence-electron chi connectivity index (χ1n) is 9.42. The molecule has 0 aromatic heterocycles. The highest BCUT2D eigenvalue weighted by Gasteiger charge is 2.19. The molecule has 0 aliphatic carbocycles. The van der Waals surface area contributed by atoms with Crippen molar-refractivity contribution in [3.05, 3.63) is 59.2 Å². The van der Waals surface area contributed by atoms with Gasteiger partial charge in [-0.05, 0) is 50.2 Å². The summed E-state index contributed by atoms with van der Waals surface area (Å²) in [4.78, 5) is 28.6. The molecule has 154 valence electrons. The maximum absolute atomic E-state index is 13.3. The van der Waals surface area contributed by atoms with Crippen molar-refractivity contribution < 1.29 is 23.5 Å². The van der Waals surface area contributed by atoms with Crippen molar-refractivity contribution in [3.63, 3.8) is 0 Å². The average molecular weight is 403 g/mol. The topological polar surface area (TPSA) is 72.9 Å². The third kappa shape index (κ3) is 5.29. The Hall–Kier alpha value is -3.00. The number of phenolic OH excluding ortho intramolecular Hbond substituents is 1. The highest BCUT2D eigenvalue weighted by atomic mass is 19.1. The van der Waals surface area contributed by atoms with Crippen LogP contribution in [-0.2, 0) is 0 Å². The Morgan fingerprint density at radius 3 is 2.38 bits per heavy atom. The Morgan fingerprint density at radius 2 is 1.76 bits per heavy atom. The molecule has 0 saturated carbocycles. The normalized spacial score (nSPS) is 14.0. The summed E-state index contributed by atoms with van der Waals surface area (Å²) in [5, 5.41) is 12.7. The highest BCUT2D eigenvalue weighted by Crippen LogP contribution is 2.24. The van der Waals surface area contributed by atoms with E-state index < -0.39 is 17.5 Å². The van der Waals surface area contributed by atoms with Crippen LogP contribution >= 0.6 is 0 Å². The van der Waals surface area contributed by atoms with Crippen LogP contribution in [0.1, 0.15) is 33.6 Å². The first-order valence-corrected chi connectivity index (χ1v) is 9.42. The molecule has 0 spiro atoms. The molecule has 2 N–H and O–H groups in total. The molecule has 1 aliphatic heterocycles. The quantitative estimate of drug-likeness (QED) is 0.778. The molecule has 3 rings (SSSR count). The van der Waals surface area contributed by atoms with Gasteiger partial charge in [0.2, 0.25) is 0 Å². The van der Waals surface area contributed by atoms with Crippen molar-refractivity contribution in [3.8, 4) is 5.75 Å². The zero-order chi connectivity index (χ0) is 21.0. The monoisotopic (exact) mass is 403 g/mol. The maximum Gasteiger partial charge on any atom is 0.257 e. The van der Waals surface area contributed by atoms with Crippen molar-refractivity contribution in [1.82, 2.24) is 9.80 Å². The molecule has 2 amide bonds. The number of anilines is 1. The van der Waals surface area contributed by atoms with Crippen LogP contribution in [0.5, 0.6) is 5.75 Å². The molecule has 1 heterocycles. The largest absolute Gasteiger partial charge is 0.507 e. The second-order valence-corrected chi connectivity index (χ2v) is 7.12. The van der Waals surface area contributed by atoms with Crippen molar-refractivity contribution in [2.45, 2.75) is 12.8 Å². The molecule has 2 aromatic carbocycles. The minimum absolute atomic E-state index is 0.115. The molecule has 0 radical (unpaired) electrons. The minimum Gasteiger partial charge on any atom is -0.507 e. The number of nitrogens with one attached hydrogen (secondary N) is 1. The lowest BCUT2D eigenvalue weighted by atomic mass is 10.1. The van der Waals surface area contributed by atoms with Gasteiger partial charge in [-0.3, -0.25) is 9.59 Å². The number of amides is 2. The zero-order valence-electron chi connectivity index (χ0n) is 16.1. The van der Waals surface area contributed by atoms with Gasteiger partial charge < -0.3 is 20.2 Å². The molecule has 8 heteroatoms. The number of rotatable bonds is 6. The molecular formula is C21H23F2N3O3. The summed E-state index contributed by atoms with van der Waals surface area (Å²) in [5.41, 5.74) is 0.126. The molecule has 0 atom stereocenters. The number of benzene rings is 2. The Balaban J connectivity index is 1.64. The zero-order valence-corrected chi connectivity index (χ0v) is 16.1. The van der Waals surface area contributed by atoms with E-state index in [1.165, 1.54) is 31.0 Å². The number of likely N-dealkylation sites (N-methyl/N-ethyl adjacent to an activating group) is 1. The maximum atomic E-state index is 13.3. The van der Waals surface area contributed by atoms with Crippen LogP contribution in [0.15, 0.2) is 36.4 Å². The van der Waals surface area contributed by atoms with Crippen LogP contribution in [-0.4, -0.2) is 59.9 Å². The Morgan fingerprint density at radius 1 is 1.10 bits per heavy atom. The summed E-state index contributed by atoms with van der Waals surface area (Å²) in [5.74, 6) is -3.07. The standard InChI is InChI=1S/C21H23F2N3O3/c1-25(8-9-26-6-2-3-7-26)21(29)18-5-4-17(13-19(18)27)24-20(28)14-10-15(22)12-16(23)11-14/h4-5,10-13,27H,2-3,6-9H2,1H3,(H,24,28). The van der Waals surface area contributed by atoms with E-state index in [9.17, 15) is 23.5 Å². The molecule has 1 aliphatic rings. The first kappa shape index (κ1) is 20.7. The fourth-order valence-electron chi connectivity index (χ4n) is 3.28. The van der Waals surface area contributed by atoms with Gasteiger partial charge >= 0.3 is 0 Å². The van der Waals surface area contributed by atoms with Crippen LogP contribution in [0.2, 0.25) is 0 Å². The molecule has 29 heavy (non-hydrogen) atoms. The number of aromatic hydroxyl groups is 1. The van der Waals surface area contributed by atoms with Crippen LogP contribution in [0, 0.1) is 11.6 Å². The molecule has 0 unspecified atom stereocenters. The number of nitrogens with zero attached hydrogens (tertiary/aromatic N) is 2. The van der Waals surface area contributed by atoms with Gasteiger partial charge in [-0.1, -0.05) is 0 Å². The molecule has 1 fully saturated rings. The number of carbonyl (C=O) groups is 2. The number of hydrogen-bond acceptors (Lipinski definition) is 4. The second-order valence-electron chi connectivity index (χ2n) is 7.12. The summed E-state index contributed by atoms with van der Waals surface area (Å²) in [6, 6.07) is 6.58. The van der Waals surface area contributed by atoms with Crippen LogP contribution in [0.4, 0.5) is 14.5 Å². The fourth-order valence-corrected chi connectivity index (χ4v) is 3.28. The fraction of sp³-hybridized carbons (Fsp3) is 0.333. The van der Waals surface area contributed by atoms with E-state index in [2.05, 4.69) is 10.2 Å². The molecule has 1 saturated heterocycles. The van der Waals surface area contributed by atoms with Crippen LogP contribution in [0.3, 0.4) is 0 Å². The van der Waals surface area contributed by atoms with Gasteiger partial charge in [-0.15, -0.1) is 0 Å². The number of halogens is 2. The van der Waals surface area contributed by atoms with Gasteiger partial charge in [0.15, 0.2) is 0 Å². The van der Waals surface area contributed by atoms with E-state index >= 15 is 0 Å². The van der Waals surface area contributed by atoms with E-state index in [-0.39, 0.29) is 28.5 Å². The number of phenols is 1. The first-order chi connectivity index (χ1) is 13.8. The van der Waals surface area contributed by atoms with Gasteiger partial charge in [0, 0.05) is 43.5 Å². The van der Waals surface area contributed by atoms with E-state index in [1.54, 1.807) is 11.9 Å².